The molecule has 0 aromatic carbocycles. The summed E-state index contributed by atoms with van der Waals surface area (Å²) in [6.07, 6.45) is 60.6. The number of aliphatic hydroxyl groups excluding tert-OH is 4. The van der Waals surface area contributed by atoms with E-state index in [1.165, 1.54) is 193 Å². The first kappa shape index (κ1) is 59.5. The number of amides is 1. The van der Waals surface area contributed by atoms with Crippen molar-refractivity contribution in [3.8, 4) is 0 Å². The van der Waals surface area contributed by atoms with Gasteiger partial charge in [-0.3, -0.25) is 4.79 Å². The maximum atomic E-state index is 12.6. The van der Waals surface area contributed by atoms with Gasteiger partial charge in [0.25, 0.3) is 0 Å². The lowest BCUT2D eigenvalue weighted by Crippen LogP contribution is -2.53. The summed E-state index contributed by atoms with van der Waals surface area (Å²) in [7, 11) is 0. The molecule has 0 bridgehead atoms. The fourth-order valence-electron chi connectivity index (χ4n) is 8.32. The third-order valence-electron chi connectivity index (χ3n) is 12.6. The number of nitrogens with one attached hydrogen (secondary N) is 1. The second-order valence-electron chi connectivity index (χ2n) is 18.6. The molecule has 0 aliphatic rings. The van der Waals surface area contributed by atoms with Crippen LogP contribution in [0.15, 0.2) is 36.5 Å². The average molecular weight is 860 g/mol. The third kappa shape index (κ3) is 43.6. The second kappa shape index (κ2) is 49.5. The number of hydrogen-bond acceptors (Lipinski definition) is 5. The lowest BCUT2D eigenvalue weighted by Gasteiger charge is -2.27. The zero-order chi connectivity index (χ0) is 44.5. The van der Waals surface area contributed by atoms with Crippen LogP contribution in [0.5, 0.6) is 0 Å². The maximum Gasteiger partial charge on any atom is 0.249 e. The molecule has 0 aliphatic carbocycles. The minimum absolute atomic E-state index is 0.362. The van der Waals surface area contributed by atoms with Crippen LogP contribution in [0.3, 0.4) is 0 Å². The first-order chi connectivity index (χ1) is 30.0. The Hall–Kier alpha value is -1.47. The molecule has 4 atom stereocenters. The summed E-state index contributed by atoms with van der Waals surface area (Å²) in [6, 6.07) is -1.01. The highest BCUT2D eigenvalue weighted by molar-refractivity contribution is 5.80. The Balaban J connectivity index is 3.69. The van der Waals surface area contributed by atoms with E-state index in [1.54, 1.807) is 0 Å². The van der Waals surface area contributed by atoms with Crippen molar-refractivity contribution in [3.05, 3.63) is 36.5 Å². The van der Waals surface area contributed by atoms with Crippen LogP contribution in [-0.2, 0) is 4.79 Å². The van der Waals surface area contributed by atoms with Gasteiger partial charge in [-0.1, -0.05) is 249 Å². The SMILES string of the molecule is CCCCCCCCC/C=C/CC/C=C/CC/C=C/CCCC(O)C(O)C(CO)NC(=O)C(O)CCCCCCCCCCCCCCCCCCCCCCCCCCC. The highest BCUT2D eigenvalue weighted by atomic mass is 16.3. The van der Waals surface area contributed by atoms with Gasteiger partial charge in [-0.05, 0) is 64.2 Å². The van der Waals surface area contributed by atoms with E-state index in [9.17, 15) is 25.2 Å². The van der Waals surface area contributed by atoms with Gasteiger partial charge in [0.1, 0.15) is 12.2 Å². The molecule has 0 fully saturated rings. The largest absolute Gasteiger partial charge is 0.394 e. The van der Waals surface area contributed by atoms with Crippen LogP contribution in [-0.4, -0.2) is 57.3 Å². The Morgan fingerprint density at radius 2 is 0.689 bits per heavy atom. The molecule has 0 aromatic heterocycles. The number of aliphatic hydroxyl groups is 4. The summed E-state index contributed by atoms with van der Waals surface area (Å²) in [5.41, 5.74) is 0. The fraction of sp³-hybridized carbons (Fsp3) is 0.873. The molecule has 6 heteroatoms. The van der Waals surface area contributed by atoms with E-state index in [4.69, 9.17) is 0 Å². The number of rotatable bonds is 49. The van der Waals surface area contributed by atoms with Crippen molar-refractivity contribution < 1.29 is 25.2 Å². The standard InChI is InChI=1S/C55H105NO5/c1-3-5-7-9-11-13-15-17-19-21-23-25-26-27-28-29-31-33-35-37-39-41-43-45-47-49-53(59)55(61)56-51(50-57)54(60)52(58)48-46-44-42-40-38-36-34-32-30-24-22-20-18-16-14-12-10-8-6-4-2/h20,22,32,34,40,42,51-54,57-60H,3-19,21,23-31,33,35-39,41,43-50H2,1-2H3,(H,56,61)/b22-20+,34-32+,42-40+. The summed E-state index contributed by atoms with van der Waals surface area (Å²) in [5.74, 6) is -0.595. The van der Waals surface area contributed by atoms with Crippen LogP contribution in [0.1, 0.15) is 277 Å². The molecule has 0 rings (SSSR count). The molecule has 6 nitrogen and oxygen atoms in total. The van der Waals surface area contributed by atoms with E-state index in [-0.39, 0.29) is 0 Å². The fourth-order valence-corrected chi connectivity index (χ4v) is 8.32. The smallest absolute Gasteiger partial charge is 0.249 e. The molecule has 0 saturated heterocycles. The van der Waals surface area contributed by atoms with Gasteiger partial charge in [0.15, 0.2) is 0 Å². The molecule has 61 heavy (non-hydrogen) atoms. The minimum atomic E-state index is -1.29. The van der Waals surface area contributed by atoms with E-state index in [1.807, 2.05) is 0 Å². The molecule has 0 radical (unpaired) electrons. The van der Waals surface area contributed by atoms with Gasteiger partial charge in [-0.25, -0.2) is 0 Å². The molecular weight excluding hydrogens is 755 g/mol. The van der Waals surface area contributed by atoms with Gasteiger partial charge in [-0.2, -0.15) is 0 Å². The zero-order valence-electron chi connectivity index (χ0n) is 40.7. The lowest BCUT2D eigenvalue weighted by molar-refractivity contribution is -0.132. The molecule has 0 heterocycles. The van der Waals surface area contributed by atoms with Gasteiger partial charge in [0.05, 0.1) is 18.8 Å². The summed E-state index contributed by atoms with van der Waals surface area (Å²) < 4.78 is 0. The quantitative estimate of drug-likeness (QED) is 0.0309. The monoisotopic (exact) mass is 860 g/mol. The summed E-state index contributed by atoms with van der Waals surface area (Å²) in [6.45, 7) is 4.06. The van der Waals surface area contributed by atoms with E-state index in [0.717, 1.165) is 51.4 Å². The normalized spacial score (nSPS) is 14.1. The number of carbonyl (C=O) groups excluding carboxylic acids is 1. The van der Waals surface area contributed by atoms with Crippen LogP contribution in [0.4, 0.5) is 0 Å². The molecular formula is C55H105NO5. The van der Waals surface area contributed by atoms with Crippen molar-refractivity contribution >= 4 is 5.91 Å². The third-order valence-corrected chi connectivity index (χ3v) is 12.6. The molecule has 5 N–H and O–H groups in total. The van der Waals surface area contributed by atoms with Crippen LogP contribution in [0.25, 0.3) is 0 Å². The number of unbranched alkanes of at least 4 members (excludes halogenated alkanes) is 34. The topological polar surface area (TPSA) is 110 Å². The first-order valence-electron chi connectivity index (χ1n) is 26.9. The van der Waals surface area contributed by atoms with Crippen molar-refractivity contribution in [1.29, 1.82) is 0 Å². The van der Waals surface area contributed by atoms with Gasteiger partial charge < -0.3 is 25.7 Å². The number of hydrogen-bond donors (Lipinski definition) is 5. The predicted octanol–water partition coefficient (Wildman–Crippen LogP) is 15.2. The molecule has 4 unspecified atom stereocenters. The van der Waals surface area contributed by atoms with E-state index < -0.39 is 36.9 Å². The lowest BCUT2D eigenvalue weighted by atomic mass is 10.00. The zero-order valence-corrected chi connectivity index (χ0v) is 40.7. The number of allylic oxidation sites excluding steroid dienone is 6. The Morgan fingerprint density at radius 1 is 0.393 bits per heavy atom. The first-order valence-corrected chi connectivity index (χ1v) is 26.9. The molecule has 0 spiro atoms. The summed E-state index contributed by atoms with van der Waals surface area (Å²) in [4.78, 5) is 12.6. The molecule has 360 valence electrons. The summed E-state index contributed by atoms with van der Waals surface area (Å²) in [5, 5.41) is 43.9. The van der Waals surface area contributed by atoms with E-state index in [2.05, 4.69) is 55.6 Å². The van der Waals surface area contributed by atoms with Crippen molar-refractivity contribution in [1.82, 2.24) is 5.32 Å². The summed E-state index contributed by atoms with van der Waals surface area (Å²) >= 11 is 0. The van der Waals surface area contributed by atoms with Gasteiger partial charge in [0, 0.05) is 0 Å². The van der Waals surface area contributed by atoms with E-state index in [0.29, 0.717) is 19.3 Å². The van der Waals surface area contributed by atoms with Gasteiger partial charge in [-0.15, -0.1) is 0 Å². The molecule has 0 aliphatic heterocycles. The second-order valence-corrected chi connectivity index (χ2v) is 18.6. The Morgan fingerprint density at radius 3 is 1.03 bits per heavy atom. The van der Waals surface area contributed by atoms with Crippen molar-refractivity contribution in [3.63, 3.8) is 0 Å². The highest BCUT2D eigenvalue weighted by Crippen LogP contribution is 2.17. The Kier molecular flexibility index (Phi) is 48.3. The van der Waals surface area contributed by atoms with Crippen LogP contribution in [0.2, 0.25) is 0 Å². The van der Waals surface area contributed by atoms with Crippen LogP contribution < -0.4 is 5.32 Å². The molecule has 0 saturated carbocycles. The van der Waals surface area contributed by atoms with Gasteiger partial charge in [0.2, 0.25) is 5.91 Å². The molecule has 0 aromatic rings. The molecule has 1 amide bonds. The van der Waals surface area contributed by atoms with Crippen molar-refractivity contribution in [2.45, 2.75) is 301 Å². The van der Waals surface area contributed by atoms with E-state index >= 15 is 0 Å². The predicted molar refractivity (Wildman–Crippen MR) is 265 cm³/mol. The Bertz CT molecular complexity index is 966. The van der Waals surface area contributed by atoms with Crippen LogP contribution >= 0.6 is 0 Å². The van der Waals surface area contributed by atoms with Gasteiger partial charge >= 0.3 is 0 Å². The van der Waals surface area contributed by atoms with Crippen molar-refractivity contribution in [2.75, 3.05) is 6.61 Å². The van der Waals surface area contributed by atoms with Crippen molar-refractivity contribution in [2.24, 2.45) is 0 Å². The maximum absolute atomic E-state index is 12.6. The van der Waals surface area contributed by atoms with Crippen LogP contribution in [0, 0.1) is 0 Å². The number of carbonyl (C=O) groups is 1. The minimum Gasteiger partial charge on any atom is -0.394 e. The average Bonchev–Trinajstić information content (AvgIpc) is 3.26. The Labute approximate surface area is 379 Å². The highest BCUT2D eigenvalue weighted by Gasteiger charge is 2.28.